The molecule has 214 valence electrons. The van der Waals surface area contributed by atoms with Crippen molar-refractivity contribution in [2.24, 2.45) is 0 Å². The van der Waals surface area contributed by atoms with Crippen LogP contribution in [0.5, 0.6) is 0 Å². The topological polar surface area (TPSA) is 105 Å². The molecule has 1 atom stereocenters. The molecule has 0 spiro atoms. The molecule has 1 unspecified atom stereocenters. The van der Waals surface area contributed by atoms with Gasteiger partial charge >= 0.3 is 0 Å². The summed E-state index contributed by atoms with van der Waals surface area (Å²) in [5.74, 6) is -0.237. The molecule has 1 amide bonds. The van der Waals surface area contributed by atoms with Crippen molar-refractivity contribution in [3.63, 3.8) is 0 Å². The minimum absolute atomic E-state index is 0.00314. The Labute approximate surface area is 240 Å². The third kappa shape index (κ3) is 6.35. The van der Waals surface area contributed by atoms with Gasteiger partial charge in [0.15, 0.2) is 11.5 Å². The summed E-state index contributed by atoms with van der Waals surface area (Å²) in [5, 5.41) is 11.3. The van der Waals surface area contributed by atoms with Crippen molar-refractivity contribution in [3.05, 3.63) is 65.8 Å². The van der Waals surface area contributed by atoms with E-state index in [0.717, 1.165) is 47.3 Å². The van der Waals surface area contributed by atoms with E-state index in [0.29, 0.717) is 11.5 Å². The third-order valence-electron chi connectivity index (χ3n) is 7.19. The summed E-state index contributed by atoms with van der Waals surface area (Å²) < 4.78 is 35.3. The summed E-state index contributed by atoms with van der Waals surface area (Å²) >= 11 is 1.41. The van der Waals surface area contributed by atoms with Crippen LogP contribution >= 0.6 is 11.5 Å². The Morgan fingerprint density at radius 3 is 2.88 bits per heavy atom. The highest BCUT2D eigenvalue weighted by atomic mass is 32.1. The first-order valence-electron chi connectivity index (χ1n) is 13.7. The van der Waals surface area contributed by atoms with Crippen molar-refractivity contribution in [2.45, 2.75) is 51.9 Å². The van der Waals surface area contributed by atoms with Crippen molar-refractivity contribution in [2.75, 3.05) is 25.0 Å². The minimum atomic E-state index is -1.32. The molecule has 0 saturated carbocycles. The zero-order valence-electron chi connectivity index (χ0n) is 22.7. The van der Waals surface area contributed by atoms with E-state index in [1.54, 1.807) is 18.6 Å². The number of hydrogen-bond acceptors (Lipinski definition) is 8. The number of rotatable bonds is 9. The van der Waals surface area contributed by atoms with Crippen LogP contribution in [-0.2, 0) is 17.9 Å². The van der Waals surface area contributed by atoms with Gasteiger partial charge in [-0.2, -0.15) is 9.47 Å². The smallest absolute Gasteiger partial charge is 0.241 e. The maximum Gasteiger partial charge on any atom is 0.241 e. The Morgan fingerprint density at radius 2 is 2.05 bits per heavy atom. The van der Waals surface area contributed by atoms with Crippen molar-refractivity contribution < 1.29 is 13.6 Å². The molecule has 0 bridgehead atoms. The minimum Gasteiger partial charge on any atom is -0.350 e. The second kappa shape index (κ2) is 11.9. The van der Waals surface area contributed by atoms with E-state index < -0.39 is 12.0 Å². The van der Waals surface area contributed by atoms with E-state index in [1.807, 2.05) is 17.5 Å². The maximum atomic E-state index is 13.9. The summed E-state index contributed by atoms with van der Waals surface area (Å²) in [6, 6.07) is 2.08. The van der Waals surface area contributed by atoms with Crippen LogP contribution in [0.2, 0.25) is 0 Å². The van der Waals surface area contributed by atoms with Crippen molar-refractivity contribution in [3.8, 4) is 11.3 Å². The molecule has 13 heteroatoms. The molecule has 10 nitrogen and oxygen atoms in total. The van der Waals surface area contributed by atoms with Gasteiger partial charge in [0, 0.05) is 43.0 Å². The second-order valence-corrected chi connectivity index (χ2v) is 11.2. The molecule has 1 aliphatic carbocycles. The van der Waals surface area contributed by atoms with Gasteiger partial charge in [-0.15, -0.1) is 0 Å². The predicted molar refractivity (Wildman–Crippen MR) is 153 cm³/mol. The number of fused-ring (bicyclic) bond motifs is 1. The fourth-order valence-electron chi connectivity index (χ4n) is 5.13. The van der Waals surface area contributed by atoms with Gasteiger partial charge in [0.25, 0.3) is 0 Å². The Balaban J connectivity index is 1.13. The number of hydrogen-bond donors (Lipinski definition) is 2. The molecule has 6 rings (SSSR count). The lowest BCUT2D eigenvalue weighted by Gasteiger charge is -2.25. The second-order valence-electron chi connectivity index (χ2n) is 10.4. The number of piperidine rings is 1. The molecule has 5 heterocycles. The summed E-state index contributed by atoms with van der Waals surface area (Å²) in [6.07, 6.45) is 11.9. The number of alkyl halides is 1. The molecule has 2 N–H and O–H groups in total. The van der Waals surface area contributed by atoms with E-state index in [9.17, 15) is 13.6 Å². The standard InChI is InChI=1S/C28H31F2N9OS/c1-18-14-39-24(20-12-33-38(15-20)17-25(40)31-11-19-5-6-21(29)9-23(19)30)13-32-28(39)27(34-18)35-26-10-22(36-41-26)16-37-7-3-2-4-8-37/h5-6,10,12-15,21H,2-4,7-9,11,16-17H2,1H3,(H,31,40)(H,34,35). The first-order chi connectivity index (χ1) is 19.9. The molecule has 0 aromatic carbocycles. The zero-order valence-corrected chi connectivity index (χ0v) is 23.5. The summed E-state index contributed by atoms with van der Waals surface area (Å²) in [5.41, 5.74) is 4.38. The van der Waals surface area contributed by atoms with E-state index in [4.69, 9.17) is 0 Å². The first-order valence-corrected chi connectivity index (χ1v) is 14.5. The van der Waals surface area contributed by atoms with Gasteiger partial charge in [-0.05, 0) is 56.5 Å². The molecule has 41 heavy (non-hydrogen) atoms. The van der Waals surface area contributed by atoms with Crippen LogP contribution < -0.4 is 10.6 Å². The first kappa shape index (κ1) is 27.2. The molecule has 4 aromatic rings. The van der Waals surface area contributed by atoms with Crippen molar-refractivity contribution in [1.82, 2.24) is 38.7 Å². The van der Waals surface area contributed by atoms with Crippen molar-refractivity contribution >= 4 is 33.9 Å². The molecular formula is C28H31F2N9OS. The number of nitrogens with zero attached hydrogens (tertiary/aromatic N) is 7. The Kier molecular flexibility index (Phi) is 7.88. The average Bonchev–Trinajstić information content (AvgIpc) is 3.69. The van der Waals surface area contributed by atoms with Crippen LogP contribution in [0.15, 0.2) is 54.4 Å². The normalized spacial score (nSPS) is 17.9. The number of carbonyl (C=O) groups is 1. The number of anilines is 2. The number of halogens is 2. The summed E-state index contributed by atoms with van der Waals surface area (Å²) in [4.78, 5) is 24.2. The van der Waals surface area contributed by atoms with Gasteiger partial charge in [-0.3, -0.25) is 18.8 Å². The summed E-state index contributed by atoms with van der Waals surface area (Å²) in [7, 11) is 0. The zero-order chi connectivity index (χ0) is 28.3. The number of amides is 1. The summed E-state index contributed by atoms with van der Waals surface area (Å²) in [6.45, 7) is 4.98. The Hall–Kier alpha value is -3.97. The number of nitrogens with one attached hydrogen (secondary N) is 2. The lowest BCUT2D eigenvalue weighted by Crippen LogP contribution is -2.30. The number of imidazole rings is 1. The number of allylic oxidation sites excluding steroid dienone is 2. The van der Waals surface area contributed by atoms with E-state index >= 15 is 0 Å². The van der Waals surface area contributed by atoms with Crippen LogP contribution in [-0.4, -0.2) is 65.1 Å². The molecule has 0 radical (unpaired) electrons. The average molecular weight is 580 g/mol. The third-order valence-corrected chi connectivity index (χ3v) is 7.93. The van der Waals surface area contributed by atoms with Gasteiger partial charge in [0.1, 0.15) is 23.5 Å². The van der Waals surface area contributed by atoms with Gasteiger partial charge in [0.2, 0.25) is 5.91 Å². The molecule has 2 aliphatic rings. The van der Waals surface area contributed by atoms with Crippen molar-refractivity contribution in [1.29, 1.82) is 0 Å². The van der Waals surface area contributed by atoms with Gasteiger partial charge < -0.3 is 10.6 Å². The SMILES string of the molecule is Cc1cn2c(-c3cnn(CC(=O)NCC4=C(F)CC(F)C=C4)c3)cnc2c(Nc2cc(CN3CCCCC3)ns2)n1. The van der Waals surface area contributed by atoms with Crippen LogP contribution in [0.4, 0.5) is 19.6 Å². The van der Waals surface area contributed by atoms with E-state index in [2.05, 4.69) is 41.0 Å². The predicted octanol–water partition coefficient (Wildman–Crippen LogP) is 4.73. The van der Waals surface area contributed by atoms with Crippen LogP contribution in [0.25, 0.3) is 16.9 Å². The van der Waals surface area contributed by atoms with Gasteiger partial charge in [-0.25, -0.2) is 18.7 Å². The highest BCUT2D eigenvalue weighted by Crippen LogP contribution is 2.28. The maximum absolute atomic E-state index is 13.9. The largest absolute Gasteiger partial charge is 0.350 e. The molecule has 1 fully saturated rings. The number of aryl methyl sites for hydroxylation is 1. The van der Waals surface area contributed by atoms with E-state index in [1.165, 1.54) is 47.6 Å². The van der Waals surface area contributed by atoms with Crippen LogP contribution in [0.1, 0.15) is 37.1 Å². The molecular weight excluding hydrogens is 548 g/mol. The lowest BCUT2D eigenvalue weighted by atomic mass is 10.0. The lowest BCUT2D eigenvalue weighted by molar-refractivity contribution is -0.121. The Morgan fingerprint density at radius 1 is 1.20 bits per heavy atom. The Bertz CT molecular complexity index is 1620. The van der Waals surface area contributed by atoms with Crippen LogP contribution in [0, 0.1) is 6.92 Å². The van der Waals surface area contributed by atoms with E-state index in [-0.39, 0.29) is 31.0 Å². The van der Waals surface area contributed by atoms with Gasteiger partial charge in [-0.1, -0.05) is 12.5 Å². The van der Waals surface area contributed by atoms with Gasteiger partial charge in [0.05, 0.1) is 29.5 Å². The molecule has 1 aliphatic heterocycles. The fraction of sp³-hybridized carbons (Fsp3) is 0.393. The molecule has 4 aromatic heterocycles. The number of likely N-dealkylation sites (tertiary alicyclic amines) is 1. The highest BCUT2D eigenvalue weighted by molar-refractivity contribution is 7.10. The fourth-order valence-corrected chi connectivity index (χ4v) is 5.79. The molecule has 1 saturated heterocycles. The number of carbonyl (C=O) groups excluding carboxylic acids is 1. The highest BCUT2D eigenvalue weighted by Gasteiger charge is 2.18. The monoisotopic (exact) mass is 579 g/mol. The quantitative estimate of drug-likeness (QED) is 0.296. The number of aromatic nitrogens is 6. The van der Waals surface area contributed by atoms with Crippen LogP contribution in [0.3, 0.4) is 0 Å².